The molecule has 0 saturated heterocycles. The lowest BCUT2D eigenvalue weighted by molar-refractivity contribution is 0.0501. The fourth-order valence-electron chi connectivity index (χ4n) is 1.95. The zero-order valence-electron chi connectivity index (χ0n) is 13.1. The number of carbonyl (C=O) groups excluding carboxylic acids is 1. The fourth-order valence-corrected chi connectivity index (χ4v) is 1.95. The van der Waals surface area contributed by atoms with Gasteiger partial charge in [-0.3, -0.25) is 0 Å². The van der Waals surface area contributed by atoms with Crippen LogP contribution in [-0.2, 0) is 4.74 Å². The molecule has 1 atom stereocenters. The SMILES string of the molecule is CNCCC(NC(=O)OC(C)(C)C)c1cccc(C)c1. The molecule has 0 aliphatic carbocycles. The molecular weight excluding hydrogens is 252 g/mol. The maximum Gasteiger partial charge on any atom is 0.408 e. The summed E-state index contributed by atoms with van der Waals surface area (Å²) in [5.74, 6) is 0. The van der Waals surface area contributed by atoms with E-state index in [2.05, 4.69) is 16.7 Å². The molecule has 0 aliphatic heterocycles. The molecule has 0 bridgehead atoms. The lowest BCUT2D eigenvalue weighted by Gasteiger charge is -2.24. The van der Waals surface area contributed by atoms with Crippen molar-refractivity contribution in [1.29, 1.82) is 0 Å². The van der Waals surface area contributed by atoms with E-state index in [1.54, 1.807) is 0 Å². The van der Waals surface area contributed by atoms with Gasteiger partial charge in [0, 0.05) is 0 Å². The van der Waals surface area contributed by atoms with Crippen LogP contribution in [0.2, 0.25) is 0 Å². The number of rotatable bonds is 5. The summed E-state index contributed by atoms with van der Waals surface area (Å²) in [6.07, 6.45) is 0.444. The first kappa shape index (κ1) is 16.5. The Morgan fingerprint density at radius 2 is 2.05 bits per heavy atom. The van der Waals surface area contributed by atoms with Crippen LogP contribution in [0.25, 0.3) is 0 Å². The number of aryl methyl sites for hydroxylation is 1. The lowest BCUT2D eigenvalue weighted by atomic mass is 10.0. The Kier molecular flexibility index (Phi) is 6.02. The van der Waals surface area contributed by atoms with Gasteiger partial charge >= 0.3 is 6.09 Å². The molecule has 20 heavy (non-hydrogen) atoms. The highest BCUT2D eigenvalue weighted by molar-refractivity contribution is 5.68. The summed E-state index contributed by atoms with van der Waals surface area (Å²) in [5, 5.41) is 6.06. The number of ether oxygens (including phenoxy) is 1. The number of benzene rings is 1. The Morgan fingerprint density at radius 1 is 1.35 bits per heavy atom. The monoisotopic (exact) mass is 278 g/mol. The second-order valence-electron chi connectivity index (χ2n) is 6.01. The molecule has 1 aromatic carbocycles. The molecule has 1 rings (SSSR count). The first-order valence-corrected chi connectivity index (χ1v) is 7.02. The molecule has 112 valence electrons. The van der Waals surface area contributed by atoms with Crippen LogP contribution < -0.4 is 10.6 Å². The van der Waals surface area contributed by atoms with E-state index in [1.807, 2.05) is 52.9 Å². The molecule has 0 saturated carbocycles. The van der Waals surface area contributed by atoms with Crippen molar-refractivity contribution in [3.05, 3.63) is 35.4 Å². The Morgan fingerprint density at radius 3 is 2.60 bits per heavy atom. The minimum absolute atomic E-state index is 0.0443. The van der Waals surface area contributed by atoms with Gasteiger partial charge in [0.25, 0.3) is 0 Å². The van der Waals surface area contributed by atoms with Crippen LogP contribution in [0.15, 0.2) is 24.3 Å². The van der Waals surface area contributed by atoms with Crippen molar-refractivity contribution in [1.82, 2.24) is 10.6 Å². The van der Waals surface area contributed by atoms with Crippen LogP contribution in [0, 0.1) is 6.92 Å². The minimum Gasteiger partial charge on any atom is -0.444 e. The Bertz CT molecular complexity index is 438. The highest BCUT2D eigenvalue weighted by Gasteiger charge is 2.20. The van der Waals surface area contributed by atoms with Crippen molar-refractivity contribution in [2.45, 2.75) is 45.8 Å². The molecule has 4 heteroatoms. The van der Waals surface area contributed by atoms with Gasteiger partial charge in [0.05, 0.1) is 6.04 Å². The third-order valence-corrected chi connectivity index (χ3v) is 2.82. The molecule has 0 heterocycles. The topological polar surface area (TPSA) is 50.4 Å². The quantitative estimate of drug-likeness (QED) is 0.869. The first-order valence-electron chi connectivity index (χ1n) is 7.02. The van der Waals surface area contributed by atoms with Crippen molar-refractivity contribution >= 4 is 6.09 Å². The third-order valence-electron chi connectivity index (χ3n) is 2.82. The van der Waals surface area contributed by atoms with Crippen molar-refractivity contribution < 1.29 is 9.53 Å². The molecule has 0 radical (unpaired) electrons. The van der Waals surface area contributed by atoms with Gasteiger partial charge in [-0.2, -0.15) is 0 Å². The highest BCUT2D eigenvalue weighted by atomic mass is 16.6. The summed E-state index contributed by atoms with van der Waals surface area (Å²) in [6.45, 7) is 8.46. The smallest absolute Gasteiger partial charge is 0.408 e. The van der Waals surface area contributed by atoms with Crippen LogP contribution in [0.1, 0.15) is 44.4 Å². The maximum atomic E-state index is 11.9. The minimum atomic E-state index is -0.482. The van der Waals surface area contributed by atoms with E-state index in [0.717, 1.165) is 18.5 Å². The molecule has 4 nitrogen and oxygen atoms in total. The average molecular weight is 278 g/mol. The van der Waals surface area contributed by atoms with Crippen molar-refractivity contribution in [2.24, 2.45) is 0 Å². The summed E-state index contributed by atoms with van der Waals surface area (Å²) >= 11 is 0. The number of hydrogen-bond acceptors (Lipinski definition) is 3. The number of hydrogen-bond donors (Lipinski definition) is 2. The van der Waals surface area contributed by atoms with Gasteiger partial charge in [-0.25, -0.2) is 4.79 Å². The van der Waals surface area contributed by atoms with Gasteiger partial charge in [-0.15, -0.1) is 0 Å². The van der Waals surface area contributed by atoms with Crippen molar-refractivity contribution in [2.75, 3.05) is 13.6 Å². The van der Waals surface area contributed by atoms with E-state index >= 15 is 0 Å². The van der Waals surface area contributed by atoms with Crippen LogP contribution in [-0.4, -0.2) is 25.3 Å². The van der Waals surface area contributed by atoms with E-state index in [9.17, 15) is 4.79 Å². The zero-order chi connectivity index (χ0) is 15.2. The number of nitrogens with one attached hydrogen (secondary N) is 2. The lowest BCUT2D eigenvalue weighted by Crippen LogP contribution is -2.36. The Balaban J connectivity index is 2.77. The standard InChI is InChI=1S/C16H26N2O2/c1-12-7-6-8-13(11-12)14(9-10-17-5)18-15(19)20-16(2,3)4/h6-8,11,14,17H,9-10H2,1-5H3,(H,18,19). The van der Waals surface area contributed by atoms with Crippen LogP contribution >= 0.6 is 0 Å². The zero-order valence-corrected chi connectivity index (χ0v) is 13.1. The number of carbonyl (C=O) groups is 1. The van der Waals surface area contributed by atoms with Gasteiger partial charge in [0.1, 0.15) is 5.60 Å². The number of alkyl carbamates (subject to hydrolysis) is 1. The summed E-state index contributed by atoms with van der Waals surface area (Å²) in [4.78, 5) is 11.9. The van der Waals surface area contributed by atoms with Crippen LogP contribution in [0.5, 0.6) is 0 Å². The van der Waals surface area contributed by atoms with Gasteiger partial charge in [0.2, 0.25) is 0 Å². The second kappa shape index (κ2) is 7.29. The Hall–Kier alpha value is -1.55. The predicted octanol–water partition coefficient (Wildman–Crippen LogP) is 3.17. The molecule has 2 N–H and O–H groups in total. The van der Waals surface area contributed by atoms with E-state index in [-0.39, 0.29) is 12.1 Å². The average Bonchev–Trinajstić information content (AvgIpc) is 2.32. The molecule has 0 fully saturated rings. The van der Waals surface area contributed by atoms with Gasteiger partial charge < -0.3 is 15.4 Å². The van der Waals surface area contributed by atoms with Crippen LogP contribution in [0.4, 0.5) is 4.79 Å². The molecule has 0 aliphatic rings. The predicted molar refractivity (Wildman–Crippen MR) is 81.8 cm³/mol. The van der Waals surface area contributed by atoms with Gasteiger partial charge in [-0.1, -0.05) is 29.8 Å². The molecular formula is C16H26N2O2. The van der Waals surface area contributed by atoms with Gasteiger partial charge in [0.15, 0.2) is 0 Å². The summed E-state index contributed by atoms with van der Waals surface area (Å²) in [7, 11) is 1.90. The molecule has 0 aromatic heterocycles. The maximum absolute atomic E-state index is 11.9. The number of amides is 1. The van der Waals surface area contributed by atoms with E-state index in [1.165, 1.54) is 5.56 Å². The van der Waals surface area contributed by atoms with Crippen molar-refractivity contribution in [3.8, 4) is 0 Å². The third kappa shape index (κ3) is 6.06. The van der Waals surface area contributed by atoms with E-state index < -0.39 is 5.60 Å². The summed E-state index contributed by atoms with van der Waals surface area (Å²) in [6, 6.07) is 8.14. The molecule has 1 unspecified atom stereocenters. The largest absolute Gasteiger partial charge is 0.444 e. The van der Waals surface area contributed by atoms with E-state index in [0.29, 0.717) is 0 Å². The van der Waals surface area contributed by atoms with E-state index in [4.69, 9.17) is 4.74 Å². The second-order valence-corrected chi connectivity index (χ2v) is 6.01. The van der Waals surface area contributed by atoms with Gasteiger partial charge in [-0.05, 0) is 53.3 Å². The summed E-state index contributed by atoms with van der Waals surface area (Å²) < 4.78 is 5.33. The molecule has 0 spiro atoms. The van der Waals surface area contributed by atoms with Crippen molar-refractivity contribution in [3.63, 3.8) is 0 Å². The molecule has 1 amide bonds. The molecule has 1 aromatic rings. The fraction of sp³-hybridized carbons (Fsp3) is 0.562. The normalized spacial score (nSPS) is 12.8. The van der Waals surface area contributed by atoms with Crippen LogP contribution in [0.3, 0.4) is 0 Å². The first-order chi connectivity index (χ1) is 9.31. The Labute approximate surface area is 121 Å². The highest BCUT2D eigenvalue weighted by Crippen LogP contribution is 2.18. The summed E-state index contributed by atoms with van der Waals surface area (Å²) in [5.41, 5.74) is 1.80.